The number of nitrogens with one attached hydrogen (secondary N) is 1. The molecule has 1 fully saturated rings. The summed E-state index contributed by atoms with van der Waals surface area (Å²) in [6, 6.07) is 0. The van der Waals surface area contributed by atoms with Gasteiger partial charge in [0.15, 0.2) is 0 Å². The van der Waals surface area contributed by atoms with E-state index in [-0.39, 0.29) is 0 Å². The maximum absolute atomic E-state index is 9.50. The van der Waals surface area contributed by atoms with Crippen molar-refractivity contribution in [3.05, 3.63) is 0 Å². The number of hydrogen-bond acceptors (Lipinski definition) is 2. The van der Waals surface area contributed by atoms with Gasteiger partial charge in [0.2, 0.25) is 6.41 Å². The van der Waals surface area contributed by atoms with Gasteiger partial charge in [-0.1, -0.05) is 0 Å². The molecule has 1 saturated carbocycles. The molecule has 0 aromatic carbocycles. The molecule has 1 aliphatic carbocycles. The Kier molecular flexibility index (Phi) is 1.26. The van der Waals surface area contributed by atoms with Crippen molar-refractivity contribution >= 4 is 6.41 Å². The third-order valence-electron chi connectivity index (χ3n) is 0.807. The smallest absolute Gasteiger partial charge is 0.230 e. The molecule has 1 N–H and O–H groups in total. The Bertz CT molecular complexity index is 70.1. The van der Waals surface area contributed by atoms with Crippen molar-refractivity contribution in [3.8, 4) is 0 Å². The molecule has 0 radical (unpaired) electrons. The fourth-order valence-electron chi connectivity index (χ4n) is 0.310. The summed E-state index contributed by atoms with van der Waals surface area (Å²) in [5.41, 5.74) is 2.13. The van der Waals surface area contributed by atoms with Crippen LogP contribution < -0.4 is 5.48 Å². The van der Waals surface area contributed by atoms with Crippen LogP contribution in [0.4, 0.5) is 0 Å². The average Bonchev–Trinajstić information content (AvgIpc) is 2.42. The van der Waals surface area contributed by atoms with Crippen molar-refractivity contribution in [1.29, 1.82) is 0 Å². The van der Waals surface area contributed by atoms with Gasteiger partial charge in [-0.15, -0.1) is 0 Å². The van der Waals surface area contributed by atoms with E-state index in [0.29, 0.717) is 12.5 Å². The van der Waals surface area contributed by atoms with E-state index in [2.05, 4.69) is 10.3 Å². The van der Waals surface area contributed by atoms with Crippen LogP contribution in [0, 0.1) is 0 Å². The van der Waals surface area contributed by atoms with Crippen LogP contribution in [0.3, 0.4) is 0 Å². The molecular formula is C4H7NO2. The van der Waals surface area contributed by atoms with Crippen LogP contribution in [0.25, 0.3) is 0 Å². The molecular weight excluding hydrogens is 94.0 g/mol. The molecule has 3 nitrogen and oxygen atoms in total. The molecule has 1 rings (SSSR count). The minimum atomic E-state index is 0.310. The Hall–Kier alpha value is -0.570. The van der Waals surface area contributed by atoms with Crippen molar-refractivity contribution < 1.29 is 9.63 Å². The first-order chi connectivity index (χ1) is 3.43. The van der Waals surface area contributed by atoms with Crippen LogP contribution in [0.1, 0.15) is 12.8 Å². The molecule has 0 aromatic heterocycles. The molecule has 0 aliphatic heterocycles. The Morgan fingerprint density at radius 2 is 2.43 bits per heavy atom. The van der Waals surface area contributed by atoms with Crippen molar-refractivity contribution in [2.24, 2.45) is 0 Å². The molecule has 40 valence electrons. The molecule has 0 saturated heterocycles. The maximum atomic E-state index is 9.50. The van der Waals surface area contributed by atoms with Crippen molar-refractivity contribution in [2.75, 3.05) is 0 Å². The van der Waals surface area contributed by atoms with Gasteiger partial charge in [-0.05, 0) is 12.8 Å². The third-order valence-corrected chi connectivity index (χ3v) is 0.807. The molecule has 0 bridgehead atoms. The summed E-state index contributed by atoms with van der Waals surface area (Å²) >= 11 is 0. The van der Waals surface area contributed by atoms with Gasteiger partial charge in [-0.2, -0.15) is 0 Å². The zero-order chi connectivity index (χ0) is 5.11. The van der Waals surface area contributed by atoms with Gasteiger partial charge < -0.3 is 0 Å². The van der Waals surface area contributed by atoms with Gasteiger partial charge in [0.1, 0.15) is 0 Å². The molecule has 0 spiro atoms. The first-order valence-electron chi connectivity index (χ1n) is 2.28. The van der Waals surface area contributed by atoms with Gasteiger partial charge in [0, 0.05) is 0 Å². The van der Waals surface area contributed by atoms with E-state index >= 15 is 0 Å². The second-order valence-electron chi connectivity index (χ2n) is 1.55. The van der Waals surface area contributed by atoms with Crippen LogP contribution in [0.5, 0.6) is 0 Å². The van der Waals surface area contributed by atoms with Gasteiger partial charge in [0.05, 0.1) is 6.10 Å². The fourth-order valence-corrected chi connectivity index (χ4v) is 0.310. The number of carbonyl (C=O) groups is 1. The summed E-state index contributed by atoms with van der Waals surface area (Å²) < 4.78 is 0. The normalized spacial score (nSPS) is 18.9. The average molecular weight is 101 g/mol. The van der Waals surface area contributed by atoms with E-state index in [1.165, 1.54) is 0 Å². The van der Waals surface area contributed by atoms with Gasteiger partial charge in [-0.25, -0.2) is 5.48 Å². The molecule has 1 amide bonds. The van der Waals surface area contributed by atoms with Gasteiger partial charge in [-0.3, -0.25) is 9.63 Å². The number of amides is 1. The molecule has 1 aliphatic rings. The monoisotopic (exact) mass is 101 g/mol. The SMILES string of the molecule is O=CNOC1CC1. The zero-order valence-corrected chi connectivity index (χ0v) is 3.89. The van der Waals surface area contributed by atoms with Crippen molar-refractivity contribution in [1.82, 2.24) is 5.48 Å². The summed E-state index contributed by atoms with van der Waals surface area (Å²) in [5.74, 6) is 0. The van der Waals surface area contributed by atoms with Crippen molar-refractivity contribution in [3.63, 3.8) is 0 Å². The fraction of sp³-hybridized carbons (Fsp3) is 0.750. The van der Waals surface area contributed by atoms with Crippen LogP contribution in [-0.4, -0.2) is 12.5 Å². The van der Waals surface area contributed by atoms with Crippen LogP contribution in [0.15, 0.2) is 0 Å². The highest BCUT2D eigenvalue weighted by molar-refractivity contribution is 5.43. The number of rotatable bonds is 3. The van der Waals surface area contributed by atoms with E-state index in [4.69, 9.17) is 0 Å². The Balaban J connectivity index is 1.88. The van der Waals surface area contributed by atoms with Crippen molar-refractivity contribution in [2.45, 2.75) is 18.9 Å². The van der Waals surface area contributed by atoms with Crippen LogP contribution >= 0.6 is 0 Å². The van der Waals surface area contributed by atoms with Crippen LogP contribution in [0.2, 0.25) is 0 Å². The topological polar surface area (TPSA) is 38.3 Å². The lowest BCUT2D eigenvalue weighted by Gasteiger charge is -1.91. The molecule has 0 heterocycles. The largest absolute Gasteiger partial charge is 0.277 e. The van der Waals surface area contributed by atoms with E-state index in [0.717, 1.165) is 12.8 Å². The first kappa shape index (κ1) is 4.59. The molecule has 7 heavy (non-hydrogen) atoms. The molecule has 0 aromatic rings. The van der Waals surface area contributed by atoms with E-state index in [9.17, 15) is 4.79 Å². The van der Waals surface area contributed by atoms with Gasteiger partial charge >= 0.3 is 0 Å². The second kappa shape index (κ2) is 1.93. The highest BCUT2D eigenvalue weighted by Crippen LogP contribution is 2.21. The second-order valence-corrected chi connectivity index (χ2v) is 1.55. The Labute approximate surface area is 41.6 Å². The molecule has 0 unspecified atom stereocenters. The lowest BCUT2D eigenvalue weighted by molar-refractivity contribution is -0.121. The number of hydrogen-bond donors (Lipinski definition) is 1. The zero-order valence-electron chi connectivity index (χ0n) is 3.89. The summed E-state index contributed by atoms with van der Waals surface area (Å²) in [7, 11) is 0. The van der Waals surface area contributed by atoms with E-state index in [1.54, 1.807) is 0 Å². The summed E-state index contributed by atoms with van der Waals surface area (Å²) in [5, 5.41) is 0. The standard InChI is InChI=1S/C4H7NO2/c6-3-5-7-4-1-2-4/h3-4H,1-2H2,(H,5,6). The molecule has 3 heteroatoms. The highest BCUT2D eigenvalue weighted by Gasteiger charge is 2.22. The summed E-state index contributed by atoms with van der Waals surface area (Å²) in [6.07, 6.45) is 3.02. The number of carbonyl (C=O) groups excluding carboxylic acids is 1. The van der Waals surface area contributed by atoms with Gasteiger partial charge in [0.25, 0.3) is 0 Å². The number of hydroxylamine groups is 1. The lowest BCUT2D eigenvalue weighted by atomic mass is 10.9. The lowest BCUT2D eigenvalue weighted by Crippen LogP contribution is -2.12. The quantitative estimate of drug-likeness (QED) is 0.396. The van der Waals surface area contributed by atoms with E-state index < -0.39 is 0 Å². The van der Waals surface area contributed by atoms with E-state index in [1.807, 2.05) is 0 Å². The predicted molar refractivity (Wildman–Crippen MR) is 23.3 cm³/mol. The first-order valence-corrected chi connectivity index (χ1v) is 2.28. The minimum Gasteiger partial charge on any atom is -0.277 e. The summed E-state index contributed by atoms with van der Waals surface area (Å²) in [4.78, 5) is 14.2. The minimum absolute atomic E-state index is 0.310. The Morgan fingerprint density at radius 3 is 2.86 bits per heavy atom. The predicted octanol–water partition coefficient (Wildman–Crippen LogP) is -0.174. The molecule has 0 atom stereocenters. The van der Waals surface area contributed by atoms with Crippen LogP contribution in [-0.2, 0) is 9.63 Å². The summed E-state index contributed by atoms with van der Waals surface area (Å²) in [6.45, 7) is 0. The third kappa shape index (κ3) is 1.55. The Morgan fingerprint density at radius 1 is 1.71 bits per heavy atom. The highest BCUT2D eigenvalue weighted by atomic mass is 16.7. The maximum Gasteiger partial charge on any atom is 0.230 e.